The second kappa shape index (κ2) is 3.16. The molecular weight excluding hydrogens is 172 g/mol. The molecule has 2 unspecified atom stereocenters. The SMILES string of the molecule is C1=C2OC(c3ccccc3)CC2CC1. The van der Waals surface area contributed by atoms with Crippen molar-refractivity contribution in [2.45, 2.75) is 25.4 Å². The van der Waals surface area contributed by atoms with E-state index in [1.807, 2.05) is 0 Å². The van der Waals surface area contributed by atoms with Crippen LogP contribution in [0, 0.1) is 5.92 Å². The molecule has 0 spiro atoms. The Balaban J connectivity index is 1.83. The number of hydrogen-bond donors (Lipinski definition) is 0. The molecule has 0 radical (unpaired) electrons. The number of hydrogen-bond acceptors (Lipinski definition) is 1. The first-order chi connectivity index (χ1) is 6.93. The summed E-state index contributed by atoms with van der Waals surface area (Å²) < 4.78 is 5.93. The van der Waals surface area contributed by atoms with Gasteiger partial charge in [-0.2, -0.15) is 0 Å². The lowest BCUT2D eigenvalue weighted by Gasteiger charge is -2.10. The summed E-state index contributed by atoms with van der Waals surface area (Å²) >= 11 is 0. The average Bonchev–Trinajstić information content (AvgIpc) is 2.78. The van der Waals surface area contributed by atoms with Gasteiger partial charge in [-0.25, -0.2) is 0 Å². The number of allylic oxidation sites excluding steroid dienone is 2. The van der Waals surface area contributed by atoms with Crippen LogP contribution in [0.5, 0.6) is 0 Å². The van der Waals surface area contributed by atoms with Crippen LogP contribution in [0.3, 0.4) is 0 Å². The summed E-state index contributed by atoms with van der Waals surface area (Å²) in [5, 5.41) is 0. The zero-order chi connectivity index (χ0) is 9.38. The summed E-state index contributed by atoms with van der Waals surface area (Å²) in [5.74, 6) is 1.96. The molecule has 1 aliphatic heterocycles. The zero-order valence-corrected chi connectivity index (χ0v) is 8.15. The highest BCUT2D eigenvalue weighted by atomic mass is 16.5. The highest BCUT2D eigenvalue weighted by Gasteiger charge is 2.33. The van der Waals surface area contributed by atoms with Gasteiger partial charge in [-0.3, -0.25) is 0 Å². The smallest absolute Gasteiger partial charge is 0.124 e. The van der Waals surface area contributed by atoms with E-state index in [2.05, 4.69) is 36.4 Å². The molecule has 0 bridgehead atoms. The van der Waals surface area contributed by atoms with Crippen LogP contribution in [0.25, 0.3) is 0 Å². The molecule has 2 aliphatic rings. The Bertz CT molecular complexity index is 353. The fraction of sp³-hybridized carbons (Fsp3) is 0.385. The molecule has 1 nitrogen and oxygen atoms in total. The first kappa shape index (κ1) is 8.10. The third-order valence-corrected chi connectivity index (χ3v) is 3.21. The van der Waals surface area contributed by atoms with E-state index in [0.717, 1.165) is 0 Å². The molecule has 14 heavy (non-hydrogen) atoms. The van der Waals surface area contributed by atoms with Gasteiger partial charge >= 0.3 is 0 Å². The second-order valence-corrected chi connectivity index (χ2v) is 4.13. The van der Waals surface area contributed by atoms with Crippen molar-refractivity contribution in [2.24, 2.45) is 5.92 Å². The van der Waals surface area contributed by atoms with Gasteiger partial charge in [0.05, 0.1) is 5.76 Å². The Morgan fingerprint density at radius 2 is 2.00 bits per heavy atom. The maximum absolute atomic E-state index is 5.93. The van der Waals surface area contributed by atoms with Crippen LogP contribution in [0.2, 0.25) is 0 Å². The molecule has 3 rings (SSSR count). The predicted octanol–water partition coefficient (Wildman–Crippen LogP) is 3.44. The molecule has 1 heteroatoms. The molecule has 1 aliphatic carbocycles. The number of fused-ring (bicyclic) bond motifs is 1. The predicted molar refractivity (Wildman–Crippen MR) is 55.7 cm³/mol. The Hall–Kier alpha value is -1.24. The van der Waals surface area contributed by atoms with Crippen LogP contribution in [0.4, 0.5) is 0 Å². The van der Waals surface area contributed by atoms with Crippen molar-refractivity contribution in [1.29, 1.82) is 0 Å². The van der Waals surface area contributed by atoms with Crippen molar-refractivity contribution in [2.75, 3.05) is 0 Å². The maximum Gasteiger partial charge on any atom is 0.124 e. The molecule has 1 aromatic rings. The van der Waals surface area contributed by atoms with Gasteiger partial charge in [0.1, 0.15) is 6.10 Å². The monoisotopic (exact) mass is 186 g/mol. The van der Waals surface area contributed by atoms with Crippen LogP contribution < -0.4 is 0 Å². The quantitative estimate of drug-likeness (QED) is 0.652. The second-order valence-electron chi connectivity index (χ2n) is 4.13. The molecule has 72 valence electrons. The van der Waals surface area contributed by atoms with E-state index in [1.54, 1.807) is 0 Å². The van der Waals surface area contributed by atoms with Crippen LogP contribution in [0.15, 0.2) is 42.2 Å². The lowest BCUT2D eigenvalue weighted by molar-refractivity contribution is 0.162. The Morgan fingerprint density at radius 1 is 1.14 bits per heavy atom. The highest BCUT2D eigenvalue weighted by molar-refractivity contribution is 5.22. The lowest BCUT2D eigenvalue weighted by atomic mass is 9.99. The zero-order valence-electron chi connectivity index (χ0n) is 8.15. The van der Waals surface area contributed by atoms with Crippen molar-refractivity contribution in [1.82, 2.24) is 0 Å². The summed E-state index contributed by atoms with van der Waals surface area (Å²) in [6, 6.07) is 10.5. The molecule has 2 atom stereocenters. The average molecular weight is 186 g/mol. The molecule has 0 saturated carbocycles. The van der Waals surface area contributed by atoms with Crippen LogP contribution >= 0.6 is 0 Å². The lowest BCUT2D eigenvalue weighted by Crippen LogP contribution is -1.95. The number of ether oxygens (including phenoxy) is 1. The van der Waals surface area contributed by atoms with E-state index >= 15 is 0 Å². The van der Waals surface area contributed by atoms with Gasteiger partial charge in [-0.05, 0) is 30.9 Å². The van der Waals surface area contributed by atoms with Gasteiger partial charge in [0, 0.05) is 5.92 Å². The third-order valence-electron chi connectivity index (χ3n) is 3.21. The van der Waals surface area contributed by atoms with Gasteiger partial charge in [-0.15, -0.1) is 0 Å². The van der Waals surface area contributed by atoms with Crippen molar-refractivity contribution in [3.05, 3.63) is 47.7 Å². The topological polar surface area (TPSA) is 9.23 Å². The van der Waals surface area contributed by atoms with Gasteiger partial charge in [0.25, 0.3) is 0 Å². The van der Waals surface area contributed by atoms with Gasteiger partial charge < -0.3 is 4.74 Å². The summed E-state index contributed by atoms with van der Waals surface area (Å²) in [7, 11) is 0. The Morgan fingerprint density at radius 3 is 2.79 bits per heavy atom. The van der Waals surface area contributed by atoms with E-state index in [0.29, 0.717) is 12.0 Å². The molecule has 0 amide bonds. The van der Waals surface area contributed by atoms with Crippen molar-refractivity contribution >= 4 is 0 Å². The van der Waals surface area contributed by atoms with Crippen LogP contribution in [0.1, 0.15) is 30.9 Å². The highest BCUT2D eigenvalue weighted by Crippen LogP contribution is 2.44. The standard InChI is InChI=1S/C13H14O/c1-2-5-10(6-3-1)13-9-11-7-4-8-12(11)14-13/h1-3,5-6,8,11,13H,4,7,9H2. The molecule has 0 aromatic heterocycles. The Kier molecular flexibility index (Phi) is 1.83. The molecule has 1 saturated heterocycles. The summed E-state index contributed by atoms with van der Waals surface area (Å²) in [4.78, 5) is 0. The summed E-state index contributed by atoms with van der Waals surface area (Å²) in [6.45, 7) is 0. The molecule has 1 fully saturated rings. The third kappa shape index (κ3) is 1.24. The minimum absolute atomic E-state index is 0.313. The normalized spacial score (nSPS) is 29.6. The van der Waals surface area contributed by atoms with Crippen molar-refractivity contribution in [3.8, 4) is 0 Å². The van der Waals surface area contributed by atoms with Gasteiger partial charge in [0.15, 0.2) is 0 Å². The number of rotatable bonds is 1. The van der Waals surface area contributed by atoms with Crippen LogP contribution in [-0.2, 0) is 4.74 Å². The van der Waals surface area contributed by atoms with E-state index in [4.69, 9.17) is 4.74 Å². The fourth-order valence-corrected chi connectivity index (χ4v) is 2.46. The van der Waals surface area contributed by atoms with Crippen molar-refractivity contribution < 1.29 is 4.74 Å². The molecule has 1 aromatic carbocycles. The summed E-state index contributed by atoms with van der Waals surface area (Å²) in [6.07, 6.45) is 6.25. The largest absolute Gasteiger partial charge is 0.490 e. The van der Waals surface area contributed by atoms with E-state index in [9.17, 15) is 0 Å². The van der Waals surface area contributed by atoms with Gasteiger partial charge in [0.2, 0.25) is 0 Å². The van der Waals surface area contributed by atoms with Crippen molar-refractivity contribution in [3.63, 3.8) is 0 Å². The van der Waals surface area contributed by atoms with E-state index in [1.165, 1.54) is 30.6 Å². The fourth-order valence-electron chi connectivity index (χ4n) is 2.46. The molecule has 0 N–H and O–H groups in total. The minimum atomic E-state index is 0.313. The summed E-state index contributed by atoms with van der Waals surface area (Å²) in [5.41, 5.74) is 1.32. The molecular formula is C13H14O. The number of benzene rings is 1. The van der Waals surface area contributed by atoms with E-state index < -0.39 is 0 Å². The van der Waals surface area contributed by atoms with Gasteiger partial charge in [-0.1, -0.05) is 30.3 Å². The first-order valence-electron chi connectivity index (χ1n) is 5.35. The maximum atomic E-state index is 5.93. The first-order valence-corrected chi connectivity index (χ1v) is 5.35. The van der Waals surface area contributed by atoms with E-state index in [-0.39, 0.29) is 0 Å². The molecule has 1 heterocycles. The Labute approximate surface area is 84.4 Å². The van der Waals surface area contributed by atoms with Crippen LogP contribution in [-0.4, -0.2) is 0 Å². The minimum Gasteiger partial charge on any atom is -0.490 e.